The van der Waals surface area contributed by atoms with Gasteiger partial charge in [-0.1, -0.05) is 6.92 Å². The lowest BCUT2D eigenvalue weighted by Gasteiger charge is -2.37. The van der Waals surface area contributed by atoms with Gasteiger partial charge in [0, 0.05) is 32.1 Å². The Morgan fingerprint density at radius 1 is 1.61 bits per heavy atom. The van der Waals surface area contributed by atoms with E-state index >= 15 is 0 Å². The molecule has 2 heterocycles. The van der Waals surface area contributed by atoms with Crippen molar-refractivity contribution >= 4 is 5.82 Å². The van der Waals surface area contributed by atoms with Crippen LogP contribution in [0.25, 0.3) is 0 Å². The number of rotatable bonds is 3. The zero-order valence-electron chi connectivity index (χ0n) is 10.8. The van der Waals surface area contributed by atoms with Crippen LogP contribution in [0.4, 0.5) is 5.82 Å². The van der Waals surface area contributed by atoms with Gasteiger partial charge >= 0.3 is 0 Å². The van der Waals surface area contributed by atoms with Gasteiger partial charge in [-0.3, -0.25) is 4.79 Å². The molecular formula is C12H20N4O2. The van der Waals surface area contributed by atoms with Crippen molar-refractivity contribution in [1.29, 1.82) is 0 Å². The van der Waals surface area contributed by atoms with Gasteiger partial charge in [-0.15, -0.1) is 0 Å². The van der Waals surface area contributed by atoms with Crippen molar-refractivity contribution in [3.8, 4) is 0 Å². The Balaban J connectivity index is 2.24. The van der Waals surface area contributed by atoms with E-state index < -0.39 is 0 Å². The minimum Gasteiger partial charge on any atom is -0.370 e. The normalized spacial score (nSPS) is 24.3. The standard InChI is InChI=1S/C12H20N4O2/c1-3-10-14-11(4-12(17)15-10)16-6-8(2)18-9(5-13)7-16/h4,8-9H,3,5-7,13H2,1-2H3,(H,14,15,17). The zero-order valence-corrected chi connectivity index (χ0v) is 10.8. The summed E-state index contributed by atoms with van der Waals surface area (Å²) in [5.74, 6) is 1.42. The third-order valence-electron chi connectivity index (χ3n) is 3.03. The minimum absolute atomic E-state index is 0.0000794. The van der Waals surface area contributed by atoms with Crippen molar-refractivity contribution in [3.05, 3.63) is 22.2 Å². The quantitative estimate of drug-likeness (QED) is 0.784. The van der Waals surface area contributed by atoms with E-state index in [-0.39, 0.29) is 17.8 Å². The molecule has 18 heavy (non-hydrogen) atoms. The first-order chi connectivity index (χ1) is 8.62. The molecule has 1 aromatic heterocycles. The second kappa shape index (κ2) is 5.49. The van der Waals surface area contributed by atoms with Crippen molar-refractivity contribution in [1.82, 2.24) is 9.97 Å². The van der Waals surface area contributed by atoms with Gasteiger partial charge in [-0.2, -0.15) is 0 Å². The number of ether oxygens (including phenoxy) is 1. The number of nitrogens with two attached hydrogens (primary N) is 1. The summed E-state index contributed by atoms with van der Waals surface area (Å²) in [7, 11) is 0. The maximum absolute atomic E-state index is 11.6. The van der Waals surface area contributed by atoms with Crippen LogP contribution in [-0.2, 0) is 11.2 Å². The lowest BCUT2D eigenvalue weighted by Crippen LogP contribution is -2.49. The van der Waals surface area contributed by atoms with Crippen LogP contribution in [0.15, 0.2) is 10.9 Å². The van der Waals surface area contributed by atoms with Crippen LogP contribution >= 0.6 is 0 Å². The lowest BCUT2D eigenvalue weighted by molar-refractivity contribution is -0.0107. The smallest absolute Gasteiger partial charge is 0.252 e. The Labute approximate surface area is 106 Å². The Kier molecular flexibility index (Phi) is 3.98. The molecule has 1 saturated heterocycles. The van der Waals surface area contributed by atoms with Crippen LogP contribution in [0.3, 0.4) is 0 Å². The van der Waals surface area contributed by atoms with Gasteiger partial charge in [0.1, 0.15) is 11.6 Å². The molecule has 2 unspecified atom stereocenters. The average Bonchev–Trinajstić information content (AvgIpc) is 2.37. The Bertz CT molecular complexity index is 460. The molecule has 1 aliphatic heterocycles. The third-order valence-corrected chi connectivity index (χ3v) is 3.03. The SMILES string of the molecule is CCc1nc(N2CC(C)OC(CN)C2)cc(=O)[nH]1. The van der Waals surface area contributed by atoms with Crippen molar-refractivity contribution in [2.75, 3.05) is 24.5 Å². The van der Waals surface area contributed by atoms with E-state index in [0.717, 1.165) is 6.54 Å². The molecule has 0 radical (unpaired) electrons. The number of hydrogen-bond acceptors (Lipinski definition) is 5. The fourth-order valence-corrected chi connectivity index (χ4v) is 2.19. The molecule has 100 valence electrons. The number of H-pyrrole nitrogens is 1. The van der Waals surface area contributed by atoms with Crippen molar-refractivity contribution in [3.63, 3.8) is 0 Å². The molecule has 2 rings (SSSR count). The molecule has 0 aliphatic carbocycles. The molecule has 1 aliphatic rings. The maximum atomic E-state index is 11.6. The van der Waals surface area contributed by atoms with Crippen molar-refractivity contribution in [2.45, 2.75) is 32.5 Å². The highest BCUT2D eigenvalue weighted by atomic mass is 16.5. The second-order valence-electron chi connectivity index (χ2n) is 4.61. The number of anilines is 1. The highest BCUT2D eigenvalue weighted by Crippen LogP contribution is 2.16. The van der Waals surface area contributed by atoms with Crippen LogP contribution in [0.1, 0.15) is 19.7 Å². The van der Waals surface area contributed by atoms with E-state index in [1.165, 1.54) is 6.07 Å². The van der Waals surface area contributed by atoms with Crippen LogP contribution in [0, 0.1) is 0 Å². The van der Waals surface area contributed by atoms with Gasteiger partial charge in [-0.05, 0) is 6.92 Å². The van der Waals surface area contributed by atoms with E-state index in [0.29, 0.717) is 31.2 Å². The first-order valence-electron chi connectivity index (χ1n) is 6.33. The summed E-state index contributed by atoms with van der Waals surface area (Å²) in [5, 5.41) is 0. The number of nitrogens with one attached hydrogen (secondary N) is 1. The van der Waals surface area contributed by atoms with Gasteiger partial charge in [0.05, 0.1) is 12.2 Å². The molecule has 0 saturated carbocycles. The molecule has 0 spiro atoms. The summed E-state index contributed by atoms with van der Waals surface area (Å²) < 4.78 is 5.69. The Morgan fingerprint density at radius 3 is 3.06 bits per heavy atom. The summed E-state index contributed by atoms with van der Waals surface area (Å²) >= 11 is 0. The first kappa shape index (κ1) is 13.0. The molecule has 3 N–H and O–H groups in total. The number of aromatic amines is 1. The van der Waals surface area contributed by atoms with Gasteiger partial charge in [0.25, 0.3) is 5.56 Å². The topological polar surface area (TPSA) is 84.2 Å². The molecule has 1 aromatic rings. The van der Waals surface area contributed by atoms with E-state index in [1.54, 1.807) is 0 Å². The number of aromatic nitrogens is 2. The van der Waals surface area contributed by atoms with Crippen molar-refractivity contribution in [2.24, 2.45) is 5.73 Å². The first-order valence-corrected chi connectivity index (χ1v) is 6.33. The highest BCUT2D eigenvalue weighted by Gasteiger charge is 2.25. The molecule has 1 fully saturated rings. The van der Waals surface area contributed by atoms with Crippen LogP contribution < -0.4 is 16.2 Å². The summed E-state index contributed by atoms with van der Waals surface area (Å²) in [6, 6.07) is 1.53. The number of morpholine rings is 1. The van der Waals surface area contributed by atoms with Crippen LogP contribution in [-0.4, -0.2) is 41.8 Å². The van der Waals surface area contributed by atoms with Gasteiger partial charge in [-0.25, -0.2) is 4.98 Å². The summed E-state index contributed by atoms with van der Waals surface area (Å²) in [4.78, 5) is 20.8. The van der Waals surface area contributed by atoms with E-state index in [2.05, 4.69) is 14.9 Å². The largest absolute Gasteiger partial charge is 0.370 e. The van der Waals surface area contributed by atoms with Gasteiger partial charge in [0.2, 0.25) is 0 Å². The average molecular weight is 252 g/mol. The molecule has 2 atom stereocenters. The van der Waals surface area contributed by atoms with Crippen LogP contribution in [0.5, 0.6) is 0 Å². The van der Waals surface area contributed by atoms with E-state index in [4.69, 9.17) is 10.5 Å². The Hall–Kier alpha value is -1.40. The molecule has 0 bridgehead atoms. The monoisotopic (exact) mass is 252 g/mol. The fraction of sp³-hybridized carbons (Fsp3) is 0.667. The lowest BCUT2D eigenvalue weighted by atomic mass is 10.2. The van der Waals surface area contributed by atoms with E-state index in [9.17, 15) is 4.79 Å². The fourth-order valence-electron chi connectivity index (χ4n) is 2.19. The number of nitrogens with zero attached hydrogens (tertiary/aromatic N) is 2. The zero-order chi connectivity index (χ0) is 13.1. The van der Waals surface area contributed by atoms with Crippen LogP contribution in [0.2, 0.25) is 0 Å². The molecular weight excluding hydrogens is 232 g/mol. The Morgan fingerprint density at radius 2 is 2.39 bits per heavy atom. The van der Waals surface area contributed by atoms with Gasteiger partial charge in [0.15, 0.2) is 0 Å². The number of hydrogen-bond donors (Lipinski definition) is 2. The highest BCUT2D eigenvalue weighted by molar-refractivity contribution is 5.38. The summed E-state index contributed by atoms with van der Waals surface area (Å²) in [5.41, 5.74) is 5.54. The minimum atomic E-state index is -0.111. The predicted molar refractivity (Wildman–Crippen MR) is 69.8 cm³/mol. The summed E-state index contributed by atoms with van der Waals surface area (Å²) in [6.07, 6.45) is 0.807. The number of aryl methyl sites for hydroxylation is 1. The molecule has 0 aromatic carbocycles. The van der Waals surface area contributed by atoms with E-state index in [1.807, 2.05) is 13.8 Å². The van der Waals surface area contributed by atoms with Gasteiger partial charge < -0.3 is 20.4 Å². The molecule has 6 nitrogen and oxygen atoms in total. The second-order valence-corrected chi connectivity index (χ2v) is 4.61. The molecule has 6 heteroatoms. The predicted octanol–water partition coefficient (Wildman–Crippen LogP) is -0.115. The van der Waals surface area contributed by atoms with Crippen molar-refractivity contribution < 1.29 is 4.74 Å². The molecule has 0 amide bonds. The maximum Gasteiger partial charge on any atom is 0.252 e. The third kappa shape index (κ3) is 2.88. The summed E-state index contributed by atoms with van der Waals surface area (Å²) in [6.45, 7) is 5.86.